The van der Waals surface area contributed by atoms with Crippen LogP contribution in [0.1, 0.15) is 41.5 Å². The van der Waals surface area contributed by atoms with Gasteiger partial charge in [-0.2, -0.15) is 0 Å². The van der Waals surface area contributed by atoms with Crippen molar-refractivity contribution in [3.05, 3.63) is 0 Å². The Balaban J connectivity index is 3.44. The summed E-state index contributed by atoms with van der Waals surface area (Å²) in [6, 6.07) is 0. The molecule has 0 bridgehead atoms. The molecule has 0 saturated heterocycles. The molecule has 0 aromatic rings. The summed E-state index contributed by atoms with van der Waals surface area (Å²) in [5.74, 6) is 0. The van der Waals surface area contributed by atoms with E-state index in [0.29, 0.717) is 9.03 Å². The van der Waals surface area contributed by atoms with Gasteiger partial charge in [-0.3, -0.25) is 0 Å². The van der Waals surface area contributed by atoms with Crippen LogP contribution in [0.5, 0.6) is 0 Å². The molecule has 0 unspecified atom stereocenters. The Hall–Kier alpha value is 0.350. The molecule has 0 rings (SSSR count). The molecule has 0 aliphatic rings. The van der Waals surface area contributed by atoms with E-state index >= 15 is 0 Å². The fourth-order valence-corrected chi connectivity index (χ4v) is 0.727. The summed E-state index contributed by atoms with van der Waals surface area (Å²) in [7, 11) is 0.601. The van der Waals surface area contributed by atoms with Crippen LogP contribution in [-0.2, 0) is 9.05 Å². The maximum absolute atomic E-state index is 5.36. The highest BCUT2D eigenvalue weighted by atomic mass is 31.1. The van der Waals surface area contributed by atoms with Crippen LogP contribution in [0.15, 0.2) is 0 Å². The Bertz CT molecular complexity index is 96.2. The molecule has 0 aromatic heterocycles. The summed E-state index contributed by atoms with van der Waals surface area (Å²) in [4.78, 5) is 0. The van der Waals surface area contributed by atoms with Crippen molar-refractivity contribution in [3.63, 3.8) is 0 Å². The number of hydrogen-bond acceptors (Lipinski definition) is 2. The first kappa shape index (κ1) is 11.4. The third kappa shape index (κ3) is 10.4. The zero-order valence-electron chi connectivity index (χ0n) is 8.26. The lowest BCUT2D eigenvalue weighted by molar-refractivity contribution is 0.0846. The first-order valence-corrected chi connectivity index (χ1v) is 4.50. The lowest BCUT2D eigenvalue weighted by atomic mass is 10.2. The highest BCUT2D eigenvalue weighted by Gasteiger charge is 2.16. The summed E-state index contributed by atoms with van der Waals surface area (Å²) in [5, 5.41) is 0. The quantitative estimate of drug-likeness (QED) is 0.602. The van der Waals surface area contributed by atoms with E-state index in [9.17, 15) is 0 Å². The van der Waals surface area contributed by atoms with Gasteiger partial charge in [0, 0.05) is 0 Å². The molecular weight excluding hydrogens is 159 g/mol. The van der Waals surface area contributed by atoms with Gasteiger partial charge < -0.3 is 9.05 Å². The Kier molecular flexibility index (Phi) is 3.96. The molecule has 0 amide bonds. The summed E-state index contributed by atoms with van der Waals surface area (Å²) in [6.45, 7) is 12.0. The maximum atomic E-state index is 5.36. The fourth-order valence-electron chi connectivity index (χ4n) is 0.242. The van der Waals surface area contributed by atoms with Gasteiger partial charge in [-0.05, 0) is 41.5 Å². The van der Waals surface area contributed by atoms with E-state index < -0.39 is 0 Å². The molecule has 0 spiro atoms. The molecule has 0 saturated carbocycles. The highest BCUT2D eigenvalue weighted by Crippen LogP contribution is 2.28. The SMILES string of the molecule is CC(C)(C)O[P]OC(C)(C)C. The normalized spacial score (nSPS) is 13.6. The smallest absolute Gasteiger partial charge is 0.257 e. The second-order valence-corrected chi connectivity index (χ2v) is 5.00. The van der Waals surface area contributed by atoms with Crippen molar-refractivity contribution in [2.45, 2.75) is 52.7 Å². The highest BCUT2D eigenvalue weighted by molar-refractivity contribution is 7.26. The van der Waals surface area contributed by atoms with Gasteiger partial charge in [0.15, 0.2) is 0 Å². The summed E-state index contributed by atoms with van der Waals surface area (Å²) in [6.07, 6.45) is 0. The fraction of sp³-hybridized carbons (Fsp3) is 1.00. The molecule has 67 valence electrons. The van der Waals surface area contributed by atoms with Gasteiger partial charge in [0.1, 0.15) is 0 Å². The summed E-state index contributed by atoms with van der Waals surface area (Å²) < 4.78 is 10.7. The van der Waals surface area contributed by atoms with E-state index in [1.54, 1.807) is 0 Å². The van der Waals surface area contributed by atoms with E-state index in [0.717, 1.165) is 0 Å². The Labute approximate surface area is 71.6 Å². The average Bonchev–Trinajstić information content (AvgIpc) is 1.55. The van der Waals surface area contributed by atoms with Gasteiger partial charge in [0.05, 0.1) is 11.2 Å². The first-order chi connectivity index (χ1) is 4.71. The van der Waals surface area contributed by atoms with Gasteiger partial charge in [-0.1, -0.05) is 0 Å². The van der Waals surface area contributed by atoms with Crippen LogP contribution in [0.2, 0.25) is 0 Å². The van der Waals surface area contributed by atoms with E-state index in [2.05, 4.69) is 0 Å². The Morgan fingerprint density at radius 3 is 1.18 bits per heavy atom. The zero-order chi connectivity index (χ0) is 9.12. The lowest BCUT2D eigenvalue weighted by Crippen LogP contribution is -2.18. The van der Waals surface area contributed by atoms with Crippen molar-refractivity contribution >= 4 is 9.03 Å². The molecule has 0 aliphatic heterocycles. The minimum Gasteiger partial charge on any atom is -0.322 e. The number of hydrogen-bond donors (Lipinski definition) is 0. The zero-order valence-corrected chi connectivity index (χ0v) is 9.16. The topological polar surface area (TPSA) is 18.5 Å². The minimum absolute atomic E-state index is 0.118. The monoisotopic (exact) mass is 177 g/mol. The van der Waals surface area contributed by atoms with Gasteiger partial charge in [-0.15, -0.1) is 0 Å². The van der Waals surface area contributed by atoms with Crippen LogP contribution in [-0.4, -0.2) is 11.2 Å². The largest absolute Gasteiger partial charge is 0.322 e. The third-order valence-corrected chi connectivity index (χ3v) is 1.87. The molecule has 1 radical (unpaired) electrons. The van der Waals surface area contributed by atoms with Crippen LogP contribution in [0.25, 0.3) is 0 Å². The standard InChI is InChI=1S/C8H18O2P/c1-7(2,3)9-11-10-8(4,5)6/h1-6H3. The summed E-state index contributed by atoms with van der Waals surface area (Å²) in [5.41, 5.74) is -0.236. The van der Waals surface area contributed by atoms with Crippen molar-refractivity contribution < 1.29 is 9.05 Å². The average molecular weight is 177 g/mol. The molecule has 0 aliphatic carbocycles. The second-order valence-electron chi connectivity index (χ2n) is 4.48. The van der Waals surface area contributed by atoms with Crippen LogP contribution in [0.4, 0.5) is 0 Å². The van der Waals surface area contributed by atoms with E-state index in [1.165, 1.54) is 0 Å². The van der Waals surface area contributed by atoms with Gasteiger partial charge in [0.2, 0.25) is 0 Å². The predicted molar refractivity (Wildman–Crippen MR) is 48.6 cm³/mol. The second kappa shape index (κ2) is 3.84. The van der Waals surface area contributed by atoms with Crippen LogP contribution >= 0.6 is 9.03 Å². The summed E-state index contributed by atoms with van der Waals surface area (Å²) >= 11 is 0. The van der Waals surface area contributed by atoms with Crippen molar-refractivity contribution in [2.24, 2.45) is 0 Å². The van der Waals surface area contributed by atoms with Gasteiger partial charge in [-0.25, -0.2) is 0 Å². The molecule has 0 aromatic carbocycles. The van der Waals surface area contributed by atoms with E-state index in [1.807, 2.05) is 41.5 Å². The van der Waals surface area contributed by atoms with Gasteiger partial charge >= 0.3 is 0 Å². The molecule has 0 heterocycles. The minimum atomic E-state index is -0.118. The molecule has 2 nitrogen and oxygen atoms in total. The van der Waals surface area contributed by atoms with Crippen molar-refractivity contribution in [2.75, 3.05) is 0 Å². The van der Waals surface area contributed by atoms with E-state index in [4.69, 9.17) is 9.05 Å². The molecule has 3 heteroatoms. The lowest BCUT2D eigenvalue weighted by Gasteiger charge is -2.22. The number of rotatable bonds is 2. The van der Waals surface area contributed by atoms with Crippen molar-refractivity contribution in [3.8, 4) is 0 Å². The van der Waals surface area contributed by atoms with Gasteiger partial charge in [0.25, 0.3) is 9.03 Å². The third-order valence-electron chi connectivity index (χ3n) is 0.622. The molecule has 11 heavy (non-hydrogen) atoms. The molecule has 0 atom stereocenters. The maximum Gasteiger partial charge on any atom is 0.257 e. The first-order valence-electron chi connectivity index (χ1n) is 3.77. The van der Waals surface area contributed by atoms with Crippen molar-refractivity contribution in [1.29, 1.82) is 0 Å². The van der Waals surface area contributed by atoms with Crippen LogP contribution < -0.4 is 0 Å². The Morgan fingerprint density at radius 1 is 0.727 bits per heavy atom. The van der Waals surface area contributed by atoms with E-state index in [-0.39, 0.29) is 11.2 Å². The van der Waals surface area contributed by atoms with Crippen molar-refractivity contribution in [1.82, 2.24) is 0 Å². The predicted octanol–water partition coefficient (Wildman–Crippen LogP) is 3.39. The Morgan fingerprint density at radius 2 is 1.00 bits per heavy atom. The van der Waals surface area contributed by atoms with Crippen LogP contribution in [0.3, 0.4) is 0 Å². The molecule has 0 fully saturated rings. The molecule has 0 N–H and O–H groups in total. The van der Waals surface area contributed by atoms with Crippen LogP contribution in [0, 0.1) is 0 Å². The molecular formula is C8H18O2P.